The quantitative estimate of drug-likeness (QED) is 0.636. The lowest BCUT2D eigenvalue weighted by Crippen LogP contribution is -2.07. The maximum atomic E-state index is 12.6. The van der Waals surface area contributed by atoms with Gasteiger partial charge >= 0.3 is 0 Å². The molecule has 0 aliphatic rings. The molecule has 2 rings (SSSR count). The van der Waals surface area contributed by atoms with Crippen molar-refractivity contribution < 1.29 is 34.7 Å². The number of hydrogen-bond donors (Lipinski definition) is 4. The molecule has 0 fully saturated rings. The standard InChI is InChI=1S/C15H14O7/c1-21-11-4-3-8(17)15(22-2)13(11)14(20)12-9(18)5-7(16)6-10(12)19/h3-6,16-19H,1-2H3. The Labute approximate surface area is 125 Å². The first-order valence-corrected chi connectivity index (χ1v) is 6.14. The van der Waals surface area contributed by atoms with E-state index >= 15 is 0 Å². The number of rotatable bonds is 4. The van der Waals surface area contributed by atoms with Gasteiger partial charge in [-0.3, -0.25) is 4.79 Å². The Kier molecular flexibility index (Phi) is 3.98. The molecule has 2 aromatic rings. The predicted octanol–water partition coefficient (Wildman–Crippen LogP) is 1.76. The molecular weight excluding hydrogens is 292 g/mol. The SMILES string of the molecule is COc1ccc(O)c(OC)c1C(=O)c1c(O)cc(O)cc1O. The Morgan fingerprint density at radius 2 is 1.45 bits per heavy atom. The summed E-state index contributed by atoms with van der Waals surface area (Å²) in [4.78, 5) is 12.6. The molecule has 4 N–H and O–H groups in total. The zero-order chi connectivity index (χ0) is 16.4. The monoisotopic (exact) mass is 306 g/mol. The second-order valence-corrected chi connectivity index (χ2v) is 4.38. The van der Waals surface area contributed by atoms with Crippen LogP contribution in [0.25, 0.3) is 0 Å². The fraction of sp³-hybridized carbons (Fsp3) is 0.133. The Balaban J connectivity index is 2.72. The van der Waals surface area contributed by atoms with Gasteiger partial charge in [0.2, 0.25) is 5.78 Å². The summed E-state index contributed by atoms with van der Waals surface area (Å²) in [6.07, 6.45) is 0. The van der Waals surface area contributed by atoms with Gasteiger partial charge in [0, 0.05) is 12.1 Å². The normalized spacial score (nSPS) is 10.3. The zero-order valence-electron chi connectivity index (χ0n) is 11.8. The lowest BCUT2D eigenvalue weighted by atomic mass is 9.99. The highest BCUT2D eigenvalue weighted by molar-refractivity contribution is 6.16. The molecule has 0 amide bonds. The number of ketones is 1. The van der Waals surface area contributed by atoms with Crippen LogP contribution in [0.1, 0.15) is 15.9 Å². The molecule has 0 saturated carbocycles. The smallest absolute Gasteiger partial charge is 0.208 e. The van der Waals surface area contributed by atoms with E-state index in [1.807, 2.05) is 0 Å². The van der Waals surface area contributed by atoms with E-state index in [1.54, 1.807) is 0 Å². The van der Waals surface area contributed by atoms with E-state index < -0.39 is 28.6 Å². The van der Waals surface area contributed by atoms with Crippen molar-refractivity contribution in [1.82, 2.24) is 0 Å². The summed E-state index contributed by atoms with van der Waals surface area (Å²) in [5, 5.41) is 38.7. The number of ether oxygens (including phenoxy) is 2. The minimum atomic E-state index is -0.834. The van der Waals surface area contributed by atoms with Gasteiger partial charge in [-0.15, -0.1) is 0 Å². The lowest BCUT2D eigenvalue weighted by molar-refractivity contribution is 0.102. The molecule has 2 aromatic carbocycles. The molecule has 7 heteroatoms. The number of carbonyl (C=O) groups excluding carboxylic acids is 1. The third kappa shape index (κ3) is 2.44. The number of aromatic hydroxyl groups is 4. The maximum absolute atomic E-state index is 12.6. The first kappa shape index (κ1) is 15.3. The second kappa shape index (κ2) is 5.72. The van der Waals surface area contributed by atoms with Gasteiger partial charge in [0.1, 0.15) is 34.1 Å². The van der Waals surface area contributed by atoms with Crippen molar-refractivity contribution in [3.05, 3.63) is 35.4 Å². The van der Waals surface area contributed by atoms with Crippen molar-refractivity contribution in [2.45, 2.75) is 0 Å². The molecule has 0 atom stereocenters. The molecule has 0 heterocycles. The fourth-order valence-corrected chi connectivity index (χ4v) is 2.10. The zero-order valence-corrected chi connectivity index (χ0v) is 11.8. The average molecular weight is 306 g/mol. The van der Waals surface area contributed by atoms with Gasteiger partial charge in [-0.05, 0) is 12.1 Å². The van der Waals surface area contributed by atoms with Crippen molar-refractivity contribution in [3.8, 4) is 34.5 Å². The van der Waals surface area contributed by atoms with Crippen LogP contribution in [0.3, 0.4) is 0 Å². The molecule has 7 nitrogen and oxygen atoms in total. The average Bonchev–Trinajstić information content (AvgIpc) is 2.45. The van der Waals surface area contributed by atoms with Crippen LogP contribution in [0.2, 0.25) is 0 Å². The Morgan fingerprint density at radius 3 is 1.95 bits per heavy atom. The summed E-state index contributed by atoms with van der Waals surface area (Å²) in [7, 11) is 2.57. The minimum Gasteiger partial charge on any atom is -0.508 e. The van der Waals surface area contributed by atoms with E-state index in [2.05, 4.69) is 0 Å². The summed E-state index contributed by atoms with van der Waals surface area (Å²) in [6, 6.07) is 4.45. The highest BCUT2D eigenvalue weighted by Gasteiger charge is 2.27. The number of phenolic OH excluding ortho intramolecular Hbond substituents is 4. The minimum absolute atomic E-state index is 0.0894. The summed E-state index contributed by atoms with van der Waals surface area (Å²) in [5.41, 5.74) is -0.610. The summed E-state index contributed by atoms with van der Waals surface area (Å²) in [6.45, 7) is 0. The van der Waals surface area contributed by atoms with Crippen molar-refractivity contribution in [1.29, 1.82) is 0 Å². The second-order valence-electron chi connectivity index (χ2n) is 4.38. The maximum Gasteiger partial charge on any atom is 0.208 e. The van der Waals surface area contributed by atoms with Crippen LogP contribution in [0.5, 0.6) is 34.5 Å². The van der Waals surface area contributed by atoms with Crippen LogP contribution in [0.15, 0.2) is 24.3 Å². The molecule has 0 unspecified atom stereocenters. The van der Waals surface area contributed by atoms with Gasteiger partial charge in [0.05, 0.1) is 14.2 Å². The number of carbonyl (C=O) groups is 1. The summed E-state index contributed by atoms with van der Waals surface area (Å²) >= 11 is 0. The molecule has 0 bridgehead atoms. The van der Waals surface area contributed by atoms with E-state index in [9.17, 15) is 25.2 Å². The number of hydrogen-bond acceptors (Lipinski definition) is 7. The van der Waals surface area contributed by atoms with Gasteiger partial charge in [-0.25, -0.2) is 0 Å². The molecule has 0 saturated heterocycles. The van der Waals surface area contributed by atoms with Crippen molar-refractivity contribution in [2.75, 3.05) is 14.2 Å². The molecule has 0 radical (unpaired) electrons. The van der Waals surface area contributed by atoms with Gasteiger partial charge in [0.15, 0.2) is 11.5 Å². The van der Waals surface area contributed by atoms with Crippen molar-refractivity contribution >= 4 is 5.78 Å². The number of benzene rings is 2. The molecule has 22 heavy (non-hydrogen) atoms. The fourth-order valence-electron chi connectivity index (χ4n) is 2.10. The third-order valence-electron chi connectivity index (χ3n) is 3.06. The van der Waals surface area contributed by atoms with Crippen LogP contribution in [-0.4, -0.2) is 40.4 Å². The highest BCUT2D eigenvalue weighted by Crippen LogP contribution is 2.41. The third-order valence-corrected chi connectivity index (χ3v) is 3.06. The number of methoxy groups -OCH3 is 2. The molecule has 0 aromatic heterocycles. The van der Waals surface area contributed by atoms with Crippen LogP contribution in [0.4, 0.5) is 0 Å². The first-order chi connectivity index (χ1) is 10.4. The van der Waals surface area contributed by atoms with Crippen LogP contribution in [0, 0.1) is 0 Å². The van der Waals surface area contributed by atoms with Crippen LogP contribution in [-0.2, 0) is 0 Å². The van der Waals surface area contributed by atoms with E-state index in [0.717, 1.165) is 12.1 Å². The van der Waals surface area contributed by atoms with E-state index in [0.29, 0.717) is 0 Å². The highest BCUT2D eigenvalue weighted by atomic mass is 16.5. The van der Waals surface area contributed by atoms with Gasteiger partial charge in [-0.1, -0.05) is 0 Å². The van der Waals surface area contributed by atoms with Crippen molar-refractivity contribution in [2.24, 2.45) is 0 Å². The molecule has 0 aliphatic heterocycles. The molecule has 116 valence electrons. The Hall–Kier alpha value is -3.09. The van der Waals surface area contributed by atoms with E-state index in [4.69, 9.17) is 9.47 Å². The first-order valence-electron chi connectivity index (χ1n) is 6.14. The largest absolute Gasteiger partial charge is 0.508 e. The van der Waals surface area contributed by atoms with E-state index in [-0.39, 0.29) is 22.8 Å². The summed E-state index contributed by atoms with van der Waals surface area (Å²) < 4.78 is 10.1. The van der Waals surface area contributed by atoms with Crippen LogP contribution >= 0.6 is 0 Å². The van der Waals surface area contributed by atoms with Gasteiger partial charge < -0.3 is 29.9 Å². The molecule has 0 spiro atoms. The van der Waals surface area contributed by atoms with Crippen LogP contribution < -0.4 is 9.47 Å². The van der Waals surface area contributed by atoms with E-state index in [1.165, 1.54) is 26.4 Å². The lowest BCUT2D eigenvalue weighted by Gasteiger charge is -2.14. The Bertz CT molecular complexity index is 714. The molecule has 0 aliphatic carbocycles. The van der Waals surface area contributed by atoms with Gasteiger partial charge in [-0.2, -0.15) is 0 Å². The topological polar surface area (TPSA) is 116 Å². The van der Waals surface area contributed by atoms with Crippen molar-refractivity contribution in [3.63, 3.8) is 0 Å². The summed E-state index contributed by atoms with van der Waals surface area (Å²) in [5.74, 6) is -2.84. The van der Waals surface area contributed by atoms with Gasteiger partial charge in [0.25, 0.3) is 0 Å². The Morgan fingerprint density at radius 1 is 0.864 bits per heavy atom. The molecular formula is C15H14O7. The predicted molar refractivity (Wildman–Crippen MR) is 76.1 cm³/mol. The number of phenols is 4.